The van der Waals surface area contributed by atoms with E-state index in [1.807, 2.05) is 19.9 Å². The van der Waals surface area contributed by atoms with E-state index in [1.165, 1.54) is 4.88 Å². The van der Waals surface area contributed by atoms with Crippen molar-refractivity contribution in [2.45, 2.75) is 45.8 Å². The van der Waals surface area contributed by atoms with Crippen molar-refractivity contribution >= 4 is 11.3 Å². The third kappa shape index (κ3) is 3.59. The van der Waals surface area contributed by atoms with Crippen molar-refractivity contribution in [2.24, 2.45) is 5.92 Å². The van der Waals surface area contributed by atoms with Crippen molar-refractivity contribution in [3.8, 4) is 0 Å². The fourth-order valence-electron chi connectivity index (χ4n) is 1.49. The van der Waals surface area contributed by atoms with Gasteiger partial charge in [0.25, 0.3) is 0 Å². The lowest BCUT2D eigenvalue weighted by molar-refractivity contribution is -0.00691. The maximum absolute atomic E-state index is 9.78. The fourth-order valence-corrected chi connectivity index (χ4v) is 2.50. The Labute approximate surface area is 95.6 Å². The van der Waals surface area contributed by atoms with Crippen LogP contribution in [0.15, 0.2) is 12.1 Å². The van der Waals surface area contributed by atoms with Gasteiger partial charge in [0.05, 0.1) is 12.2 Å². The van der Waals surface area contributed by atoms with Gasteiger partial charge in [0.1, 0.15) is 0 Å². The number of aryl methyl sites for hydroxylation is 1. The van der Waals surface area contributed by atoms with Gasteiger partial charge in [-0.15, -0.1) is 11.3 Å². The lowest BCUT2D eigenvalue weighted by Gasteiger charge is -2.20. The van der Waals surface area contributed by atoms with Crippen molar-refractivity contribution in [2.75, 3.05) is 0 Å². The Kier molecular flexibility index (Phi) is 4.77. The SMILES string of the molecule is CCc1ccc(CC(O)C(O)C(C)C)s1. The van der Waals surface area contributed by atoms with E-state index in [1.54, 1.807) is 11.3 Å². The second-order valence-electron chi connectivity index (χ2n) is 4.23. The van der Waals surface area contributed by atoms with Crippen LogP contribution in [0.5, 0.6) is 0 Å². The molecule has 0 aromatic carbocycles. The van der Waals surface area contributed by atoms with Crippen molar-refractivity contribution in [3.05, 3.63) is 21.9 Å². The molecule has 2 nitrogen and oxygen atoms in total. The Bertz CT molecular complexity index is 294. The molecule has 0 aliphatic rings. The molecule has 1 rings (SSSR count). The highest BCUT2D eigenvalue weighted by Crippen LogP contribution is 2.20. The lowest BCUT2D eigenvalue weighted by Crippen LogP contribution is -2.32. The largest absolute Gasteiger partial charge is 0.390 e. The number of rotatable bonds is 5. The molecule has 0 saturated carbocycles. The molecule has 15 heavy (non-hydrogen) atoms. The molecule has 0 aliphatic heterocycles. The number of aliphatic hydroxyl groups excluding tert-OH is 2. The molecule has 0 amide bonds. The first-order chi connectivity index (χ1) is 7.04. The van der Waals surface area contributed by atoms with Crippen LogP contribution in [-0.2, 0) is 12.8 Å². The normalized spacial score (nSPS) is 15.6. The molecule has 1 aromatic heterocycles. The molecular weight excluding hydrogens is 208 g/mol. The van der Waals surface area contributed by atoms with Crippen LogP contribution in [0.4, 0.5) is 0 Å². The predicted octanol–water partition coefficient (Wildman–Crippen LogP) is 2.23. The molecule has 86 valence electrons. The quantitative estimate of drug-likeness (QED) is 0.811. The molecule has 2 N–H and O–H groups in total. The second kappa shape index (κ2) is 5.64. The summed E-state index contributed by atoms with van der Waals surface area (Å²) in [6.45, 7) is 5.95. The zero-order chi connectivity index (χ0) is 11.4. The van der Waals surface area contributed by atoms with Gasteiger partial charge >= 0.3 is 0 Å². The van der Waals surface area contributed by atoms with Gasteiger partial charge in [0.15, 0.2) is 0 Å². The molecule has 1 heterocycles. The number of aliphatic hydroxyl groups is 2. The second-order valence-corrected chi connectivity index (χ2v) is 5.48. The van der Waals surface area contributed by atoms with Gasteiger partial charge in [-0.1, -0.05) is 20.8 Å². The monoisotopic (exact) mass is 228 g/mol. The Morgan fingerprint density at radius 1 is 1.20 bits per heavy atom. The highest BCUT2D eigenvalue weighted by atomic mass is 32.1. The highest BCUT2D eigenvalue weighted by molar-refractivity contribution is 7.11. The zero-order valence-electron chi connectivity index (χ0n) is 9.60. The average molecular weight is 228 g/mol. The summed E-state index contributed by atoms with van der Waals surface area (Å²) in [6.07, 6.45) is 0.322. The van der Waals surface area contributed by atoms with Crippen LogP contribution >= 0.6 is 11.3 Å². The van der Waals surface area contributed by atoms with E-state index in [-0.39, 0.29) is 5.92 Å². The molecule has 1 aromatic rings. The molecule has 0 saturated heterocycles. The fraction of sp³-hybridized carbons (Fsp3) is 0.667. The number of hydrogen-bond acceptors (Lipinski definition) is 3. The average Bonchev–Trinajstić information content (AvgIpc) is 2.64. The van der Waals surface area contributed by atoms with Crippen LogP contribution in [0, 0.1) is 5.92 Å². The smallest absolute Gasteiger partial charge is 0.0849 e. The topological polar surface area (TPSA) is 40.5 Å². The van der Waals surface area contributed by atoms with Gasteiger partial charge in [0, 0.05) is 16.2 Å². The summed E-state index contributed by atoms with van der Waals surface area (Å²) in [4.78, 5) is 2.48. The number of hydrogen-bond donors (Lipinski definition) is 2. The van der Waals surface area contributed by atoms with Crippen molar-refractivity contribution < 1.29 is 10.2 Å². The minimum atomic E-state index is -0.645. The first-order valence-corrected chi connectivity index (χ1v) is 6.30. The van der Waals surface area contributed by atoms with Gasteiger partial charge in [-0.3, -0.25) is 0 Å². The molecule has 0 aliphatic carbocycles. The lowest BCUT2D eigenvalue weighted by atomic mass is 9.99. The summed E-state index contributed by atoms with van der Waals surface area (Å²) in [5, 5.41) is 19.5. The standard InChI is InChI=1S/C12H20O2S/c1-4-9-5-6-10(15-9)7-11(13)12(14)8(2)3/h5-6,8,11-14H,4,7H2,1-3H3. The molecule has 0 radical (unpaired) electrons. The molecular formula is C12H20O2S. The van der Waals surface area contributed by atoms with Gasteiger partial charge in [-0.25, -0.2) is 0 Å². The van der Waals surface area contributed by atoms with Gasteiger partial charge in [-0.2, -0.15) is 0 Å². The Balaban J connectivity index is 2.54. The van der Waals surface area contributed by atoms with E-state index in [0.29, 0.717) is 6.42 Å². The van der Waals surface area contributed by atoms with Crippen molar-refractivity contribution in [1.29, 1.82) is 0 Å². The van der Waals surface area contributed by atoms with Crippen LogP contribution in [0.25, 0.3) is 0 Å². The number of thiophene rings is 1. The summed E-state index contributed by atoms with van der Waals surface area (Å²) in [5.74, 6) is 0.102. The van der Waals surface area contributed by atoms with Gasteiger partial charge in [-0.05, 0) is 24.5 Å². The summed E-state index contributed by atoms with van der Waals surface area (Å²) in [5.41, 5.74) is 0. The summed E-state index contributed by atoms with van der Waals surface area (Å²) in [6, 6.07) is 4.13. The van der Waals surface area contributed by atoms with E-state index < -0.39 is 12.2 Å². The summed E-state index contributed by atoms with van der Waals surface area (Å²) >= 11 is 1.72. The summed E-state index contributed by atoms with van der Waals surface area (Å²) < 4.78 is 0. The summed E-state index contributed by atoms with van der Waals surface area (Å²) in [7, 11) is 0. The molecule has 0 bridgehead atoms. The first kappa shape index (κ1) is 12.7. The van der Waals surface area contributed by atoms with E-state index in [4.69, 9.17) is 0 Å². The van der Waals surface area contributed by atoms with Gasteiger partial charge in [0.2, 0.25) is 0 Å². The predicted molar refractivity (Wildman–Crippen MR) is 64.3 cm³/mol. The van der Waals surface area contributed by atoms with E-state index in [9.17, 15) is 10.2 Å². The zero-order valence-corrected chi connectivity index (χ0v) is 10.4. The Hall–Kier alpha value is -0.380. The minimum absolute atomic E-state index is 0.102. The van der Waals surface area contributed by atoms with Crippen LogP contribution in [0.1, 0.15) is 30.5 Å². The molecule has 2 unspecified atom stereocenters. The van der Waals surface area contributed by atoms with Crippen LogP contribution in [0.2, 0.25) is 0 Å². The highest BCUT2D eigenvalue weighted by Gasteiger charge is 2.20. The maximum atomic E-state index is 9.78. The molecule has 2 atom stereocenters. The van der Waals surface area contributed by atoms with Crippen molar-refractivity contribution in [3.63, 3.8) is 0 Å². The third-order valence-corrected chi connectivity index (χ3v) is 3.81. The minimum Gasteiger partial charge on any atom is -0.390 e. The first-order valence-electron chi connectivity index (χ1n) is 5.48. The van der Waals surface area contributed by atoms with Gasteiger partial charge < -0.3 is 10.2 Å². The van der Waals surface area contributed by atoms with Crippen molar-refractivity contribution in [1.82, 2.24) is 0 Å². The molecule has 0 spiro atoms. The van der Waals surface area contributed by atoms with Crippen LogP contribution < -0.4 is 0 Å². The van der Waals surface area contributed by atoms with Crippen LogP contribution in [-0.4, -0.2) is 22.4 Å². The maximum Gasteiger partial charge on any atom is 0.0849 e. The third-order valence-electron chi connectivity index (χ3n) is 2.55. The Morgan fingerprint density at radius 2 is 1.80 bits per heavy atom. The Morgan fingerprint density at radius 3 is 2.27 bits per heavy atom. The van der Waals surface area contributed by atoms with E-state index in [0.717, 1.165) is 11.3 Å². The van der Waals surface area contributed by atoms with Crippen LogP contribution in [0.3, 0.4) is 0 Å². The molecule has 3 heteroatoms. The van der Waals surface area contributed by atoms with E-state index in [2.05, 4.69) is 13.0 Å². The van der Waals surface area contributed by atoms with E-state index >= 15 is 0 Å². The molecule has 0 fully saturated rings.